The van der Waals surface area contributed by atoms with Crippen molar-refractivity contribution in [2.75, 3.05) is 6.61 Å². The molecule has 3 heterocycles. The molecule has 0 saturated carbocycles. The molecule has 1 aliphatic rings. The van der Waals surface area contributed by atoms with E-state index in [4.69, 9.17) is 4.74 Å². The highest BCUT2D eigenvalue weighted by atomic mass is 16.5. The maximum atomic E-state index is 12.7. The summed E-state index contributed by atoms with van der Waals surface area (Å²) in [7, 11) is 0. The molecule has 1 saturated heterocycles. The van der Waals surface area contributed by atoms with E-state index >= 15 is 0 Å². The Bertz CT molecular complexity index is 958. The van der Waals surface area contributed by atoms with Crippen molar-refractivity contribution in [3.63, 3.8) is 0 Å². The highest BCUT2D eigenvalue weighted by Crippen LogP contribution is 2.44. The average molecular weight is 351 g/mol. The molecule has 2 aromatic heterocycles. The molecule has 4 rings (SSSR count). The van der Waals surface area contributed by atoms with Gasteiger partial charge in [0.05, 0.1) is 17.4 Å². The van der Waals surface area contributed by atoms with Crippen LogP contribution in [0.4, 0.5) is 0 Å². The minimum absolute atomic E-state index is 0.00506. The Hall–Kier alpha value is -2.40. The van der Waals surface area contributed by atoms with E-state index in [1.54, 1.807) is 17.1 Å². The van der Waals surface area contributed by atoms with Crippen LogP contribution < -0.4 is 5.56 Å². The summed E-state index contributed by atoms with van der Waals surface area (Å²) in [6.45, 7) is 5.70. The standard InChI is InChI=1S/C21H25N3O2/c1-20(2)14-21(10-13-26-20,16-6-4-3-5-7-16)9-12-24-15-23-17-8-11-22-18(17)19(24)25/h3-8,11,15,22H,9-10,12-14H2,1-2H3. The number of aromatic amines is 1. The number of hydrogen-bond donors (Lipinski definition) is 1. The Labute approximate surface area is 153 Å². The Morgan fingerprint density at radius 1 is 1.23 bits per heavy atom. The predicted octanol–water partition coefficient (Wildman–Crippen LogP) is 3.64. The molecule has 1 N–H and O–H groups in total. The number of nitrogens with zero attached hydrogens (tertiary/aromatic N) is 2. The summed E-state index contributed by atoms with van der Waals surface area (Å²) >= 11 is 0. The van der Waals surface area contributed by atoms with Gasteiger partial charge in [-0.25, -0.2) is 4.98 Å². The number of H-pyrrole nitrogens is 1. The molecule has 3 aromatic rings. The topological polar surface area (TPSA) is 59.9 Å². The van der Waals surface area contributed by atoms with Gasteiger partial charge in [-0.05, 0) is 44.7 Å². The lowest BCUT2D eigenvalue weighted by molar-refractivity contribution is -0.0848. The minimum atomic E-state index is -0.166. The van der Waals surface area contributed by atoms with Gasteiger partial charge in [0, 0.05) is 24.8 Å². The SMILES string of the molecule is CC1(C)CC(CCn2cnc3cc[nH]c3c2=O)(c2ccccc2)CCO1. The molecule has 0 bridgehead atoms. The third-order valence-corrected chi connectivity index (χ3v) is 5.59. The quantitative estimate of drug-likeness (QED) is 0.781. The lowest BCUT2D eigenvalue weighted by Gasteiger charge is -2.45. The van der Waals surface area contributed by atoms with E-state index in [9.17, 15) is 4.79 Å². The maximum absolute atomic E-state index is 12.7. The monoisotopic (exact) mass is 351 g/mol. The Kier molecular flexibility index (Phi) is 4.19. The minimum Gasteiger partial charge on any atom is -0.376 e. The first-order chi connectivity index (χ1) is 12.5. The largest absolute Gasteiger partial charge is 0.376 e. The van der Waals surface area contributed by atoms with Crippen LogP contribution in [-0.2, 0) is 16.7 Å². The molecular formula is C21H25N3O2. The number of hydrogen-bond acceptors (Lipinski definition) is 3. The van der Waals surface area contributed by atoms with Crippen molar-refractivity contribution in [3.8, 4) is 0 Å². The highest BCUT2D eigenvalue weighted by Gasteiger charge is 2.41. The average Bonchev–Trinajstić information content (AvgIpc) is 3.11. The van der Waals surface area contributed by atoms with Crippen LogP contribution in [0.15, 0.2) is 53.7 Å². The second kappa shape index (κ2) is 6.40. The van der Waals surface area contributed by atoms with E-state index in [1.807, 2.05) is 6.07 Å². The number of ether oxygens (including phenoxy) is 1. The van der Waals surface area contributed by atoms with E-state index in [2.05, 4.69) is 54.1 Å². The van der Waals surface area contributed by atoms with Gasteiger partial charge in [0.2, 0.25) is 0 Å². The van der Waals surface area contributed by atoms with E-state index in [1.165, 1.54) is 5.56 Å². The van der Waals surface area contributed by atoms with Crippen molar-refractivity contribution < 1.29 is 4.74 Å². The Morgan fingerprint density at radius 2 is 2.04 bits per heavy atom. The van der Waals surface area contributed by atoms with Gasteiger partial charge in [-0.3, -0.25) is 9.36 Å². The van der Waals surface area contributed by atoms with Gasteiger partial charge in [0.25, 0.3) is 5.56 Å². The van der Waals surface area contributed by atoms with Crippen LogP contribution in [0.2, 0.25) is 0 Å². The molecular weight excluding hydrogens is 326 g/mol. The normalized spacial score (nSPS) is 22.5. The molecule has 1 atom stereocenters. The first kappa shape index (κ1) is 17.0. The number of aromatic nitrogens is 3. The maximum Gasteiger partial charge on any atom is 0.277 e. The van der Waals surface area contributed by atoms with Gasteiger partial charge >= 0.3 is 0 Å². The van der Waals surface area contributed by atoms with Crippen molar-refractivity contribution in [1.82, 2.24) is 14.5 Å². The van der Waals surface area contributed by atoms with Crippen LogP contribution in [0.5, 0.6) is 0 Å². The van der Waals surface area contributed by atoms with E-state index in [0.717, 1.165) is 31.4 Å². The summed E-state index contributed by atoms with van der Waals surface area (Å²) in [5.74, 6) is 0. The smallest absolute Gasteiger partial charge is 0.277 e. The van der Waals surface area contributed by atoms with E-state index in [0.29, 0.717) is 12.1 Å². The molecule has 26 heavy (non-hydrogen) atoms. The fourth-order valence-corrected chi connectivity index (χ4v) is 4.33. The number of benzene rings is 1. The van der Waals surface area contributed by atoms with Gasteiger partial charge in [-0.2, -0.15) is 0 Å². The molecule has 0 spiro atoms. The lowest BCUT2D eigenvalue weighted by Crippen LogP contribution is -2.44. The molecule has 0 radical (unpaired) electrons. The van der Waals surface area contributed by atoms with Crippen molar-refractivity contribution in [3.05, 3.63) is 64.8 Å². The Balaban J connectivity index is 1.67. The summed E-state index contributed by atoms with van der Waals surface area (Å²) in [5.41, 5.74) is 2.46. The zero-order chi connectivity index (χ0) is 18.2. The van der Waals surface area contributed by atoms with E-state index < -0.39 is 0 Å². The molecule has 1 unspecified atom stereocenters. The number of rotatable bonds is 4. The zero-order valence-electron chi connectivity index (χ0n) is 15.4. The van der Waals surface area contributed by atoms with Gasteiger partial charge in [-0.1, -0.05) is 30.3 Å². The van der Waals surface area contributed by atoms with Crippen LogP contribution in [0.1, 0.15) is 38.7 Å². The highest BCUT2D eigenvalue weighted by molar-refractivity contribution is 5.73. The number of nitrogens with one attached hydrogen (secondary N) is 1. The first-order valence-corrected chi connectivity index (χ1v) is 9.21. The molecule has 0 amide bonds. The third-order valence-electron chi connectivity index (χ3n) is 5.59. The first-order valence-electron chi connectivity index (χ1n) is 9.21. The molecule has 0 aliphatic carbocycles. The summed E-state index contributed by atoms with van der Waals surface area (Å²) in [6, 6.07) is 12.5. The summed E-state index contributed by atoms with van der Waals surface area (Å²) in [4.78, 5) is 20.1. The second-order valence-electron chi connectivity index (χ2n) is 7.91. The van der Waals surface area contributed by atoms with Gasteiger partial charge in [0.15, 0.2) is 0 Å². The fourth-order valence-electron chi connectivity index (χ4n) is 4.33. The summed E-state index contributed by atoms with van der Waals surface area (Å²) < 4.78 is 7.71. The molecule has 1 fully saturated rings. The molecule has 136 valence electrons. The van der Waals surface area contributed by atoms with Crippen molar-refractivity contribution in [1.29, 1.82) is 0 Å². The third kappa shape index (κ3) is 3.07. The van der Waals surface area contributed by atoms with Crippen LogP contribution >= 0.6 is 0 Å². The fraction of sp³-hybridized carbons (Fsp3) is 0.429. The second-order valence-corrected chi connectivity index (χ2v) is 7.91. The summed E-state index contributed by atoms with van der Waals surface area (Å²) in [6.07, 6.45) is 6.22. The zero-order valence-corrected chi connectivity index (χ0v) is 15.4. The summed E-state index contributed by atoms with van der Waals surface area (Å²) in [5, 5.41) is 0. The Morgan fingerprint density at radius 3 is 2.81 bits per heavy atom. The van der Waals surface area contributed by atoms with Gasteiger partial charge < -0.3 is 9.72 Å². The lowest BCUT2D eigenvalue weighted by atomic mass is 9.67. The van der Waals surface area contributed by atoms with Gasteiger partial charge in [-0.15, -0.1) is 0 Å². The molecule has 5 heteroatoms. The number of fused-ring (bicyclic) bond motifs is 1. The van der Waals surface area contributed by atoms with Gasteiger partial charge in [0.1, 0.15) is 5.52 Å². The van der Waals surface area contributed by atoms with Crippen LogP contribution in [0.25, 0.3) is 11.0 Å². The van der Waals surface area contributed by atoms with Crippen molar-refractivity contribution in [2.24, 2.45) is 0 Å². The van der Waals surface area contributed by atoms with Crippen LogP contribution in [-0.4, -0.2) is 26.7 Å². The number of aryl methyl sites for hydroxylation is 1. The van der Waals surface area contributed by atoms with E-state index in [-0.39, 0.29) is 16.6 Å². The molecule has 1 aromatic carbocycles. The molecule has 1 aliphatic heterocycles. The van der Waals surface area contributed by atoms with Crippen molar-refractivity contribution in [2.45, 2.75) is 50.7 Å². The molecule has 5 nitrogen and oxygen atoms in total. The van der Waals surface area contributed by atoms with Crippen LogP contribution in [0.3, 0.4) is 0 Å². The van der Waals surface area contributed by atoms with Crippen molar-refractivity contribution >= 4 is 11.0 Å². The predicted molar refractivity (Wildman–Crippen MR) is 102 cm³/mol. The van der Waals surface area contributed by atoms with Crippen LogP contribution in [0, 0.1) is 0 Å².